The van der Waals surface area contributed by atoms with E-state index in [1.54, 1.807) is 17.8 Å². The van der Waals surface area contributed by atoms with Crippen LogP contribution in [0.3, 0.4) is 0 Å². The molecule has 2 N–H and O–H groups in total. The first kappa shape index (κ1) is 16.3. The minimum atomic E-state index is -3.36. The van der Waals surface area contributed by atoms with Crippen LogP contribution >= 0.6 is 23.1 Å². The van der Waals surface area contributed by atoms with Crippen molar-refractivity contribution in [2.24, 2.45) is 0 Å². The fourth-order valence-corrected chi connectivity index (χ4v) is 6.12. The van der Waals surface area contributed by atoms with Gasteiger partial charge in [-0.2, -0.15) is 11.8 Å². The molecule has 0 saturated heterocycles. The Labute approximate surface area is 129 Å². The zero-order valence-corrected chi connectivity index (χ0v) is 14.3. The van der Waals surface area contributed by atoms with Crippen LogP contribution in [0.5, 0.6) is 0 Å². The Balaban J connectivity index is 2.04. The molecular weight excluding hydrogens is 312 g/mol. The molecule has 7 heteroatoms. The SMILES string of the molecule is CCNCc1ccc(S(=O)(=O)NC2CCCC2SC)s1. The van der Waals surface area contributed by atoms with Crippen molar-refractivity contribution in [1.82, 2.24) is 10.0 Å². The zero-order chi connectivity index (χ0) is 14.6. The standard InChI is InChI=1S/C13H22N2O2S3/c1-3-14-9-10-7-8-13(19-10)20(16,17)15-11-5-4-6-12(11)18-2/h7-8,11-12,14-15H,3-6,9H2,1-2H3. The lowest BCUT2D eigenvalue weighted by Gasteiger charge is -2.18. The fraction of sp³-hybridized carbons (Fsp3) is 0.692. The van der Waals surface area contributed by atoms with Crippen LogP contribution < -0.4 is 10.0 Å². The molecule has 2 atom stereocenters. The smallest absolute Gasteiger partial charge is 0.250 e. The molecule has 20 heavy (non-hydrogen) atoms. The van der Waals surface area contributed by atoms with E-state index in [1.807, 2.05) is 13.0 Å². The highest BCUT2D eigenvalue weighted by Crippen LogP contribution is 2.30. The Morgan fingerprint density at radius 2 is 2.20 bits per heavy atom. The van der Waals surface area contributed by atoms with Gasteiger partial charge in [-0.05, 0) is 37.8 Å². The second kappa shape index (κ2) is 7.26. The van der Waals surface area contributed by atoms with Gasteiger partial charge in [0.15, 0.2) is 0 Å². The van der Waals surface area contributed by atoms with Gasteiger partial charge < -0.3 is 5.32 Å². The summed E-state index contributed by atoms with van der Waals surface area (Å²) in [6.07, 6.45) is 5.20. The molecule has 0 spiro atoms. The number of thiophene rings is 1. The summed E-state index contributed by atoms with van der Waals surface area (Å²) in [6, 6.07) is 3.68. The minimum Gasteiger partial charge on any atom is -0.312 e. The maximum Gasteiger partial charge on any atom is 0.250 e. The molecule has 1 heterocycles. The van der Waals surface area contributed by atoms with Crippen molar-refractivity contribution in [3.05, 3.63) is 17.0 Å². The van der Waals surface area contributed by atoms with Crippen LogP contribution in [0, 0.1) is 0 Å². The van der Waals surface area contributed by atoms with Crippen LogP contribution in [0.25, 0.3) is 0 Å². The molecule has 114 valence electrons. The summed E-state index contributed by atoms with van der Waals surface area (Å²) in [5.41, 5.74) is 0. The van der Waals surface area contributed by atoms with Crippen molar-refractivity contribution in [2.45, 2.75) is 48.2 Å². The van der Waals surface area contributed by atoms with Crippen molar-refractivity contribution in [3.63, 3.8) is 0 Å². The number of hydrogen-bond donors (Lipinski definition) is 2. The monoisotopic (exact) mass is 334 g/mol. The Morgan fingerprint density at radius 1 is 1.40 bits per heavy atom. The zero-order valence-electron chi connectivity index (χ0n) is 11.9. The molecule has 1 aliphatic rings. The van der Waals surface area contributed by atoms with E-state index in [-0.39, 0.29) is 6.04 Å². The molecule has 0 aliphatic heterocycles. The van der Waals surface area contributed by atoms with Crippen molar-refractivity contribution >= 4 is 33.1 Å². The highest BCUT2D eigenvalue weighted by atomic mass is 32.2. The maximum atomic E-state index is 12.4. The van der Waals surface area contributed by atoms with Crippen LogP contribution in [0.2, 0.25) is 0 Å². The topological polar surface area (TPSA) is 58.2 Å². The number of sulfonamides is 1. The molecule has 2 unspecified atom stereocenters. The van der Waals surface area contributed by atoms with E-state index in [2.05, 4.69) is 16.3 Å². The lowest BCUT2D eigenvalue weighted by molar-refractivity contribution is 0.557. The van der Waals surface area contributed by atoms with Crippen LogP contribution in [0.15, 0.2) is 16.3 Å². The maximum absolute atomic E-state index is 12.4. The summed E-state index contributed by atoms with van der Waals surface area (Å²) in [5, 5.41) is 3.62. The Morgan fingerprint density at radius 3 is 2.90 bits per heavy atom. The van der Waals surface area contributed by atoms with Gasteiger partial charge in [-0.25, -0.2) is 13.1 Å². The first-order valence-electron chi connectivity index (χ1n) is 6.91. The van der Waals surface area contributed by atoms with E-state index in [1.165, 1.54) is 11.3 Å². The predicted molar refractivity (Wildman–Crippen MR) is 87.0 cm³/mol. The highest BCUT2D eigenvalue weighted by molar-refractivity contribution is 7.99. The van der Waals surface area contributed by atoms with Gasteiger partial charge in [-0.15, -0.1) is 11.3 Å². The second-order valence-corrected chi connectivity index (χ2v) is 9.12. The van der Waals surface area contributed by atoms with Crippen molar-refractivity contribution in [3.8, 4) is 0 Å². The molecule has 0 amide bonds. The van der Waals surface area contributed by atoms with Gasteiger partial charge in [0.05, 0.1) is 0 Å². The molecule has 1 aromatic heterocycles. The molecule has 0 radical (unpaired) electrons. The Bertz CT molecular complexity index is 527. The van der Waals surface area contributed by atoms with Crippen molar-refractivity contribution < 1.29 is 8.42 Å². The highest BCUT2D eigenvalue weighted by Gasteiger charge is 2.31. The van der Waals surface area contributed by atoms with E-state index in [4.69, 9.17) is 0 Å². The predicted octanol–water partition coefficient (Wildman–Crippen LogP) is 2.42. The summed E-state index contributed by atoms with van der Waals surface area (Å²) in [7, 11) is -3.36. The minimum absolute atomic E-state index is 0.0781. The molecule has 0 bridgehead atoms. The van der Waals surface area contributed by atoms with E-state index in [0.717, 1.165) is 37.2 Å². The quantitative estimate of drug-likeness (QED) is 0.804. The van der Waals surface area contributed by atoms with E-state index in [0.29, 0.717) is 9.46 Å². The third kappa shape index (κ3) is 3.98. The van der Waals surface area contributed by atoms with Gasteiger partial charge in [-0.3, -0.25) is 0 Å². The Hall–Kier alpha value is -0.0800. The summed E-state index contributed by atoms with van der Waals surface area (Å²) in [4.78, 5) is 1.06. The van der Waals surface area contributed by atoms with E-state index in [9.17, 15) is 8.42 Å². The molecule has 4 nitrogen and oxygen atoms in total. The van der Waals surface area contributed by atoms with Gasteiger partial charge in [-0.1, -0.05) is 13.3 Å². The van der Waals surface area contributed by atoms with Gasteiger partial charge in [0, 0.05) is 22.7 Å². The summed E-state index contributed by atoms with van der Waals surface area (Å²) in [6.45, 7) is 3.65. The van der Waals surface area contributed by atoms with E-state index < -0.39 is 10.0 Å². The van der Waals surface area contributed by atoms with E-state index >= 15 is 0 Å². The van der Waals surface area contributed by atoms with Gasteiger partial charge in [0.1, 0.15) is 4.21 Å². The first-order chi connectivity index (χ1) is 9.56. The van der Waals surface area contributed by atoms with Gasteiger partial charge in [0.2, 0.25) is 10.0 Å². The summed E-state index contributed by atoms with van der Waals surface area (Å²) >= 11 is 3.11. The summed E-state index contributed by atoms with van der Waals surface area (Å²) in [5.74, 6) is 0. The number of hydrogen-bond acceptors (Lipinski definition) is 5. The number of rotatable bonds is 7. The largest absolute Gasteiger partial charge is 0.312 e. The molecule has 1 aromatic rings. The lowest BCUT2D eigenvalue weighted by Crippen LogP contribution is -2.38. The fourth-order valence-electron chi connectivity index (χ4n) is 2.45. The van der Waals surface area contributed by atoms with Crippen LogP contribution in [-0.4, -0.2) is 32.5 Å². The van der Waals surface area contributed by atoms with Crippen LogP contribution in [0.4, 0.5) is 0 Å². The molecule has 1 aliphatic carbocycles. The lowest BCUT2D eigenvalue weighted by atomic mass is 10.3. The van der Waals surface area contributed by atoms with Gasteiger partial charge in [0.25, 0.3) is 0 Å². The number of thioether (sulfide) groups is 1. The number of nitrogens with one attached hydrogen (secondary N) is 2. The third-order valence-electron chi connectivity index (χ3n) is 3.51. The van der Waals surface area contributed by atoms with Crippen LogP contribution in [0.1, 0.15) is 31.1 Å². The van der Waals surface area contributed by atoms with Gasteiger partial charge >= 0.3 is 0 Å². The normalized spacial score (nSPS) is 23.3. The Kier molecular flexibility index (Phi) is 5.92. The third-order valence-corrected chi connectivity index (χ3v) is 7.75. The molecule has 1 saturated carbocycles. The van der Waals surface area contributed by atoms with Crippen molar-refractivity contribution in [1.29, 1.82) is 0 Å². The average molecular weight is 335 g/mol. The summed E-state index contributed by atoms with van der Waals surface area (Å²) < 4.78 is 28.1. The first-order valence-corrected chi connectivity index (χ1v) is 10.5. The second-order valence-electron chi connectivity index (χ2n) is 4.93. The average Bonchev–Trinajstić information content (AvgIpc) is 3.04. The van der Waals surface area contributed by atoms with Crippen molar-refractivity contribution in [2.75, 3.05) is 12.8 Å². The van der Waals surface area contributed by atoms with Crippen LogP contribution in [-0.2, 0) is 16.6 Å². The molecule has 2 rings (SSSR count). The molecular formula is C13H22N2O2S3. The molecule has 0 aromatic carbocycles. The molecule has 1 fully saturated rings.